The van der Waals surface area contributed by atoms with E-state index in [1.54, 1.807) is 0 Å². The lowest BCUT2D eigenvalue weighted by molar-refractivity contribution is 0.101. The van der Waals surface area contributed by atoms with E-state index >= 15 is 0 Å². The number of nitrogens with one attached hydrogen (secondary N) is 1. The van der Waals surface area contributed by atoms with Gasteiger partial charge >= 0.3 is 0 Å². The molecule has 1 N–H and O–H groups in total. The van der Waals surface area contributed by atoms with Gasteiger partial charge < -0.3 is 10.1 Å². The van der Waals surface area contributed by atoms with Gasteiger partial charge in [0.1, 0.15) is 5.82 Å². The van der Waals surface area contributed by atoms with Crippen molar-refractivity contribution in [3.05, 3.63) is 35.1 Å². The van der Waals surface area contributed by atoms with Crippen molar-refractivity contribution in [1.82, 2.24) is 5.32 Å². The second-order valence-corrected chi connectivity index (χ2v) is 5.65. The number of benzene rings is 1. The van der Waals surface area contributed by atoms with Crippen LogP contribution in [0.1, 0.15) is 56.2 Å². The van der Waals surface area contributed by atoms with Crippen LogP contribution in [-0.2, 0) is 4.74 Å². The van der Waals surface area contributed by atoms with Crippen molar-refractivity contribution in [2.75, 3.05) is 13.2 Å². The van der Waals surface area contributed by atoms with E-state index in [9.17, 15) is 4.39 Å². The number of halogens is 1. The van der Waals surface area contributed by atoms with E-state index in [1.807, 2.05) is 25.1 Å². The third kappa shape index (κ3) is 4.03. The minimum absolute atomic E-state index is 0.0597. The van der Waals surface area contributed by atoms with E-state index in [2.05, 4.69) is 12.2 Å². The van der Waals surface area contributed by atoms with Crippen LogP contribution in [-0.4, -0.2) is 19.3 Å². The van der Waals surface area contributed by atoms with Crippen molar-refractivity contribution >= 4 is 0 Å². The highest BCUT2D eigenvalue weighted by Crippen LogP contribution is 2.26. The SMILES string of the molecule is CCNC(CCCC1CCCO1)c1cccc(C)c1F. The molecule has 2 atom stereocenters. The number of ether oxygens (including phenoxy) is 1. The fourth-order valence-corrected chi connectivity index (χ4v) is 2.97. The highest BCUT2D eigenvalue weighted by Gasteiger charge is 2.18. The molecule has 0 spiro atoms. The van der Waals surface area contributed by atoms with Gasteiger partial charge in [-0.2, -0.15) is 0 Å². The number of aryl methyl sites for hydroxylation is 1. The Kier molecular flexibility index (Phi) is 5.99. The van der Waals surface area contributed by atoms with Gasteiger partial charge in [-0.25, -0.2) is 4.39 Å². The maximum Gasteiger partial charge on any atom is 0.130 e. The van der Waals surface area contributed by atoms with Crippen LogP contribution in [0.3, 0.4) is 0 Å². The van der Waals surface area contributed by atoms with Gasteiger partial charge in [-0.15, -0.1) is 0 Å². The van der Waals surface area contributed by atoms with Crippen LogP contribution in [0.15, 0.2) is 18.2 Å². The van der Waals surface area contributed by atoms with Gasteiger partial charge in [-0.1, -0.05) is 25.1 Å². The normalized spacial score (nSPS) is 20.2. The molecule has 0 aromatic heterocycles. The summed E-state index contributed by atoms with van der Waals surface area (Å²) >= 11 is 0. The first kappa shape index (κ1) is 15.5. The standard InChI is InChI=1S/C17H26FNO/c1-3-19-16(11-5-8-14-9-6-12-20-14)15-10-4-7-13(2)17(15)18/h4,7,10,14,16,19H,3,5-6,8-9,11-12H2,1-2H3. The van der Waals surface area contributed by atoms with Gasteiger partial charge in [0.2, 0.25) is 0 Å². The zero-order chi connectivity index (χ0) is 14.4. The van der Waals surface area contributed by atoms with E-state index in [0.717, 1.165) is 43.5 Å². The van der Waals surface area contributed by atoms with Crippen molar-refractivity contribution < 1.29 is 9.13 Å². The first-order valence-electron chi connectivity index (χ1n) is 7.82. The summed E-state index contributed by atoms with van der Waals surface area (Å²) in [5.74, 6) is -0.0597. The van der Waals surface area contributed by atoms with Crippen molar-refractivity contribution in [3.63, 3.8) is 0 Å². The Balaban J connectivity index is 1.93. The number of hydrogen-bond acceptors (Lipinski definition) is 2. The van der Waals surface area contributed by atoms with Crippen molar-refractivity contribution in [2.24, 2.45) is 0 Å². The number of rotatable bonds is 7. The van der Waals surface area contributed by atoms with Crippen LogP contribution in [0.25, 0.3) is 0 Å². The van der Waals surface area contributed by atoms with Gasteiger partial charge in [-0.3, -0.25) is 0 Å². The molecule has 0 radical (unpaired) electrons. The second-order valence-electron chi connectivity index (χ2n) is 5.65. The molecule has 1 fully saturated rings. The molecule has 1 saturated heterocycles. The molecule has 0 aliphatic carbocycles. The Morgan fingerprint density at radius 1 is 1.45 bits per heavy atom. The fraction of sp³-hybridized carbons (Fsp3) is 0.647. The largest absolute Gasteiger partial charge is 0.378 e. The Hall–Kier alpha value is -0.930. The zero-order valence-corrected chi connectivity index (χ0v) is 12.6. The molecule has 2 unspecified atom stereocenters. The van der Waals surface area contributed by atoms with Crippen molar-refractivity contribution in [2.45, 2.75) is 58.1 Å². The smallest absolute Gasteiger partial charge is 0.130 e. The molecule has 1 aliphatic rings. The highest BCUT2D eigenvalue weighted by molar-refractivity contribution is 5.27. The molecule has 1 heterocycles. The molecule has 1 aliphatic heterocycles. The Labute approximate surface area is 121 Å². The Bertz CT molecular complexity index is 415. The molecule has 1 aromatic rings. The molecule has 0 amide bonds. The molecule has 0 saturated carbocycles. The van der Waals surface area contributed by atoms with Gasteiger partial charge in [-0.05, 0) is 51.1 Å². The average molecular weight is 279 g/mol. The van der Waals surface area contributed by atoms with E-state index in [0.29, 0.717) is 6.10 Å². The summed E-state index contributed by atoms with van der Waals surface area (Å²) < 4.78 is 19.9. The van der Waals surface area contributed by atoms with Crippen molar-refractivity contribution in [1.29, 1.82) is 0 Å². The van der Waals surface area contributed by atoms with Crippen LogP contribution in [0.4, 0.5) is 4.39 Å². The van der Waals surface area contributed by atoms with Gasteiger partial charge in [0.05, 0.1) is 6.10 Å². The lowest BCUT2D eigenvalue weighted by Crippen LogP contribution is -2.22. The summed E-state index contributed by atoms with van der Waals surface area (Å²) in [4.78, 5) is 0. The first-order chi connectivity index (χ1) is 9.72. The summed E-state index contributed by atoms with van der Waals surface area (Å²) in [6.45, 7) is 5.67. The molecule has 2 nitrogen and oxygen atoms in total. The van der Waals surface area contributed by atoms with E-state index < -0.39 is 0 Å². The van der Waals surface area contributed by atoms with Crippen LogP contribution in [0.5, 0.6) is 0 Å². The fourth-order valence-electron chi connectivity index (χ4n) is 2.97. The van der Waals surface area contributed by atoms with Gasteiger partial charge in [0.25, 0.3) is 0 Å². The van der Waals surface area contributed by atoms with Crippen LogP contribution in [0.2, 0.25) is 0 Å². The Morgan fingerprint density at radius 2 is 2.30 bits per heavy atom. The third-order valence-corrected chi connectivity index (χ3v) is 4.09. The molecule has 2 rings (SSSR count). The van der Waals surface area contributed by atoms with Crippen molar-refractivity contribution in [3.8, 4) is 0 Å². The van der Waals surface area contributed by atoms with E-state index in [4.69, 9.17) is 4.74 Å². The summed E-state index contributed by atoms with van der Waals surface area (Å²) in [5.41, 5.74) is 1.53. The lowest BCUT2D eigenvalue weighted by Gasteiger charge is -2.20. The van der Waals surface area contributed by atoms with Crippen LogP contribution >= 0.6 is 0 Å². The molecule has 1 aromatic carbocycles. The van der Waals surface area contributed by atoms with E-state index in [1.165, 1.54) is 12.8 Å². The van der Waals surface area contributed by atoms with E-state index in [-0.39, 0.29) is 11.9 Å². The zero-order valence-electron chi connectivity index (χ0n) is 12.6. The maximum atomic E-state index is 14.2. The molecule has 0 bridgehead atoms. The summed E-state index contributed by atoms with van der Waals surface area (Å²) in [6, 6.07) is 5.79. The number of hydrogen-bond donors (Lipinski definition) is 1. The quantitative estimate of drug-likeness (QED) is 0.810. The predicted molar refractivity (Wildman–Crippen MR) is 80.4 cm³/mol. The second kappa shape index (κ2) is 7.75. The molecule has 20 heavy (non-hydrogen) atoms. The molecule has 3 heteroatoms. The van der Waals surface area contributed by atoms with Gasteiger partial charge in [0, 0.05) is 18.2 Å². The minimum atomic E-state index is -0.0597. The Morgan fingerprint density at radius 3 is 3.00 bits per heavy atom. The topological polar surface area (TPSA) is 21.3 Å². The molecular formula is C17H26FNO. The maximum absolute atomic E-state index is 14.2. The summed E-state index contributed by atoms with van der Waals surface area (Å²) in [5, 5.41) is 3.41. The highest BCUT2D eigenvalue weighted by atomic mass is 19.1. The first-order valence-corrected chi connectivity index (χ1v) is 7.82. The molecular weight excluding hydrogens is 253 g/mol. The summed E-state index contributed by atoms with van der Waals surface area (Å²) in [7, 11) is 0. The monoisotopic (exact) mass is 279 g/mol. The molecule has 112 valence electrons. The van der Waals surface area contributed by atoms with Gasteiger partial charge in [0.15, 0.2) is 0 Å². The minimum Gasteiger partial charge on any atom is -0.378 e. The lowest BCUT2D eigenvalue weighted by atomic mass is 9.97. The van der Waals surface area contributed by atoms with Crippen LogP contribution in [0, 0.1) is 12.7 Å². The predicted octanol–water partition coefficient (Wildman–Crippen LogP) is 4.13. The summed E-state index contributed by atoms with van der Waals surface area (Å²) in [6.07, 6.45) is 5.94. The third-order valence-electron chi connectivity index (χ3n) is 4.09. The van der Waals surface area contributed by atoms with Crippen LogP contribution < -0.4 is 5.32 Å². The average Bonchev–Trinajstić information content (AvgIpc) is 2.94.